The van der Waals surface area contributed by atoms with Gasteiger partial charge in [-0.25, -0.2) is 0 Å². The van der Waals surface area contributed by atoms with Crippen LogP contribution in [0.25, 0.3) is 16.5 Å². The Morgan fingerprint density at radius 2 is 1.81 bits per heavy atom. The lowest BCUT2D eigenvalue weighted by Gasteiger charge is -2.11. The van der Waals surface area contributed by atoms with Crippen LogP contribution in [0.1, 0.15) is 16.1 Å². The van der Waals surface area contributed by atoms with Crippen LogP contribution < -0.4 is 16.6 Å². The molecule has 0 spiro atoms. The molecule has 0 atom stereocenters. The molecule has 0 saturated heterocycles. The Morgan fingerprint density at radius 1 is 1.11 bits per heavy atom. The second kappa shape index (κ2) is 6.41. The van der Waals surface area contributed by atoms with E-state index >= 15 is 0 Å². The van der Waals surface area contributed by atoms with Gasteiger partial charge in [0.05, 0.1) is 11.1 Å². The van der Waals surface area contributed by atoms with Gasteiger partial charge in [-0.05, 0) is 37.3 Å². The fourth-order valence-electron chi connectivity index (χ4n) is 2.83. The third-order valence-corrected chi connectivity index (χ3v) is 4.15. The quantitative estimate of drug-likeness (QED) is 0.516. The molecule has 0 aliphatic carbocycles. The fourth-order valence-corrected chi connectivity index (χ4v) is 2.83. The van der Waals surface area contributed by atoms with Crippen molar-refractivity contribution >= 4 is 28.3 Å². The number of carbonyl (C=O) groups excluding carboxylic acids is 1. The number of nitrogens with two attached hydrogens (primary N) is 1. The number of nitrogens with zero attached hydrogens (tertiary/aromatic N) is 3. The van der Waals surface area contributed by atoms with E-state index in [-0.39, 0.29) is 5.56 Å². The molecule has 0 bridgehead atoms. The number of carbonyl (C=O) groups is 1. The van der Waals surface area contributed by atoms with Crippen molar-refractivity contribution in [1.82, 2.24) is 20.0 Å². The van der Waals surface area contributed by atoms with E-state index in [2.05, 4.69) is 20.6 Å². The van der Waals surface area contributed by atoms with Gasteiger partial charge >= 0.3 is 0 Å². The molecule has 8 nitrogen and oxygen atoms in total. The van der Waals surface area contributed by atoms with Gasteiger partial charge in [0.2, 0.25) is 5.91 Å². The summed E-state index contributed by atoms with van der Waals surface area (Å²) in [6.07, 6.45) is 0. The largest absolute Gasteiger partial charge is 0.366 e. The van der Waals surface area contributed by atoms with Gasteiger partial charge in [0.15, 0.2) is 11.6 Å². The number of hydrogen-bond donors (Lipinski definition) is 3. The lowest BCUT2D eigenvalue weighted by atomic mass is 10.1. The summed E-state index contributed by atoms with van der Waals surface area (Å²) in [5, 5.41) is 15.8. The van der Waals surface area contributed by atoms with E-state index in [0.29, 0.717) is 33.7 Å². The second-order valence-corrected chi connectivity index (χ2v) is 6.08. The normalized spacial score (nSPS) is 10.9. The number of H-pyrrole nitrogens is 1. The Hall–Kier alpha value is -3.94. The molecule has 0 aliphatic heterocycles. The highest BCUT2D eigenvalue weighted by Gasteiger charge is 2.13. The van der Waals surface area contributed by atoms with Crippen LogP contribution in [0.4, 0.5) is 11.6 Å². The Labute approximate surface area is 153 Å². The highest BCUT2D eigenvalue weighted by Crippen LogP contribution is 2.22. The number of fused-ring (bicyclic) bond motifs is 1. The summed E-state index contributed by atoms with van der Waals surface area (Å²) in [5.74, 6) is 0.562. The number of aryl methyl sites for hydroxylation is 1. The molecule has 8 heteroatoms. The molecule has 27 heavy (non-hydrogen) atoms. The van der Waals surface area contributed by atoms with Gasteiger partial charge in [-0.3, -0.25) is 14.7 Å². The van der Waals surface area contributed by atoms with Crippen molar-refractivity contribution < 1.29 is 4.79 Å². The molecule has 2 aromatic heterocycles. The monoisotopic (exact) mass is 360 g/mol. The topological polar surface area (TPSA) is 119 Å². The second-order valence-electron chi connectivity index (χ2n) is 6.08. The maximum absolute atomic E-state index is 12.9. The molecule has 0 saturated carbocycles. The average Bonchev–Trinajstić information content (AvgIpc) is 3.09. The maximum Gasteiger partial charge on any atom is 0.279 e. The predicted molar refractivity (Wildman–Crippen MR) is 102 cm³/mol. The number of anilines is 2. The number of hydrogen-bond acceptors (Lipinski definition) is 5. The number of rotatable bonds is 4. The zero-order valence-corrected chi connectivity index (χ0v) is 14.4. The minimum absolute atomic E-state index is 0.263. The third kappa shape index (κ3) is 3.04. The first kappa shape index (κ1) is 16.5. The summed E-state index contributed by atoms with van der Waals surface area (Å²) in [7, 11) is 0. The molecular formula is C19H16N6O2. The van der Waals surface area contributed by atoms with Crippen LogP contribution in [-0.2, 0) is 0 Å². The standard InChI is InChI=1S/C19H16N6O2/c1-11-10-16(23-22-11)21-18-14-4-2-3-5-15(14)19(27)25(24-18)13-8-6-12(7-9-13)17(20)26/h2-10H,1H3,(H2,20,26)(H2,21,22,23,24). The number of aromatic amines is 1. The van der Waals surface area contributed by atoms with Crippen LogP contribution in [-0.4, -0.2) is 25.9 Å². The molecule has 4 N–H and O–H groups in total. The molecule has 2 aromatic carbocycles. The molecular weight excluding hydrogens is 344 g/mol. The van der Waals surface area contributed by atoms with Crippen LogP contribution in [0.15, 0.2) is 59.4 Å². The Morgan fingerprint density at radius 3 is 2.44 bits per heavy atom. The molecule has 134 valence electrons. The average molecular weight is 360 g/mol. The van der Waals surface area contributed by atoms with Gasteiger partial charge in [-0.2, -0.15) is 9.78 Å². The summed E-state index contributed by atoms with van der Waals surface area (Å²) in [4.78, 5) is 24.2. The summed E-state index contributed by atoms with van der Waals surface area (Å²) in [6, 6.07) is 15.4. The smallest absolute Gasteiger partial charge is 0.279 e. The zero-order chi connectivity index (χ0) is 19.0. The number of primary amides is 1. The summed E-state index contributed by atoms with van der Waals surface area (Å²) in [5.41, 5.74) is 6.80. The molecule has 2 heterocycles. The number of aromatic nitrogens is 4. The van der Waals surface area contributed by atoms with E-state index in [9.17, 15) is 9.59 Å². The van der Waals surface area contributed by atoms with Crippen molar-refractivity contribution in [3.63, 3.8) is 0 Å². The summed E-state index contributed by atoms with van der Waals surface area (Å²) in [6.45, 7) is 1.89. The molecule has 0 fully saturated rings. The van der Waals surface area contributed by atoms with E-state index in [1.807, 2.05) is 25.1 Å². The van der Waals surface area contributed by atoms with E-state index in [0.717, 1.165) is 5.69 Å². The molecule has 4 rings (SSSR count). The minimum Gasteiger partial charge on any atom is -0.366 e. The number of amides is 1. The number of nitrogens with one attached hydrogen (secondary N) is 2. The van der Waals surface area contributed by atoms with Gasteiger partial charge in [0, 0.05) is 22.7 Å². The van der Waals surface area contributed by atoms with Gasteiger partial charge < -0.3 is 11.1 Å². The van der Waals surface area contributed by atoms with Gasteiger partial charge in [0.25, 0.3) is 5.56 Å². The van der Waals surface area contributed by atoms with Crippen LogP contribution in [0.3, 0.4) is 0 Å². The minimum atomic E-state index is -0.531. The van der Waals surface area contributed by atoms with E-state index in [4.69, 9.17) is 5.73 Å². The van der Waals surface area contributed by atoms with Crippen molar-refractivity contribution in [1.29, 1.82) is 0 Å². The highest BCUT2D eigenvalue weighted by atomic mass is 16.1. The summed E-state index contributed by atoms with van der Waals surface area (Å²) < 4.78 is 1.29. The highest BCUT2D eigenvalue weighted by molar-refractivity contribution is 5.93. The predicted octanol–water partition coefficient (Wildman–Crippen LogP) is 2.26. The van der Waals surface area contributed by atoms with Gasteiger partial charge in [-0.15, -0.1) is 5.10 Å². The van der Waals surface area contributed by atoms with Gasteiger partial charge in [0.1, 0.15) is 0 Å². The van der Waals surface area contributed by atoms with E-state index < -0.39 is 5.91 Å². The van der Waals surface area contributed by atoms with Crippen molar-refractivity contribution in [2.45, 2.75) is 6.92 Å². The van der Waals surface area contributed by atoms with Crippen LogP contribution in [0, 0.1) is 6.92 Å². The van der Waals surface area contributed by atoms with Crippen molar-refractivity contribution in [2.24, 2.45) is 5.73 Å². The third-order valence-electron chi connectivity index (χ3n) is 4.15. The van der Waals surface area contributed by atoms with Crippen molar-refractivity contribution in [3.8, 4) is 5.69 Å². The summed E-state index contributed by atoms with van der Waals surface area (Å²) >= 11 is 0. The molecule has 1 amide bonds. The fraction of sp³-hybridized carbons (Fsp3) is 0.0526. The lowest BCUT2D eigenvalue weighted by Crippen LogP contribution is -2.22. The molecule has 0 radical (unpaired) electrons. The van der Waals surface area contributed by atoms with E-state index in [1.54, 1.807) is 36.4 Å². The Kier molecular flexibility index (Phi) is 3.92. The number of benzene rings is 2. The molecule has 4 aromatic rings. The van der Waals surface area contributed by atoms with Crippen LogP contribution in [0.5, 0.6) is 0 Å². The van der Waals surface area contributed by atoms with Crippen molar-refractivity contribution in [2.75, 3.05) is 5.32 Å². The van der Waals surface area contributed by atoms with Crippen LogP contribution >= 0.6 is 0 Å². The first-order chi connectivity index (χ1) is 13.0. The maximum atomic E-state index is 12.9. The SMILES string of the molecule is Cc1cc(Nc2nn(-c3ccc(C(N)=O)cc3)c(=O)c3ccccc23)n[nH]1. The Balaban J connectivity index is 1.89. The van der Waals surface area contributed by atoms with Gasteiger partial charge in [-0.1, -0.05) is 18.2 Å². The lowest BCUT2D eigenvalue weighted by molar-refractivity contribution is 0.100. The zero-order valence-electron chi connectivity index (χ0n) is 14.4. The van der Waals surface area contributed by atoms with Crippen molar-refractivity contribution in [3.05, 3.63) is 76.2 Å². The first-order valence-corrected chi connectivity index (χ1v) is 8.24. The van der Waals surface area contributed by atoms with E-state index in [1.165, 1.54) is 4.68 Å². The van der Waals surface area contributed by atoms with Crippen LogP contribution in [0.2, 0.25) is 0 Å². The molecule has 0 aliphatic rings. The first-order valence-electron chi connectivity index (χ1n) is 8.24. The Bertz CT molecular complexity index is 1210. The molecule has 0 unspecified atom stereocenters.